The summed E-state index contributed by atoms with van der Waals surface area (Å²) in [6.07, 6.45) is 1.38. The molecule has 2 fully saturated rings. The van der Waals surface area contributed by atoms with E-state index >= 15 is 0 Å². The van der Waals surface area contributed by atoms with Gasteiger partial charge in [0, 0.05) is 177 Å². The van der Waals surface area contributed by atoms with Crippen LogP contribution in [-0.4, -0.2) is 161 Å². The Bertz CT molecular complexity index is 3620. The molecule has 8 N–H and O–H groups in total. The number of aromatic hydroxyl groups is 3. The molecule has 2 saturated heterocycles. The van der Waals surface area contributed by atoms with Crippen LogP contribution in [0.15, 0.2) is 12.1 Å². The van der Waals surface area contributed by atoms with Gasteiger partial charge in [-0.05, 0) is 149 Å². The molecule has 8 aliphatic rings. The third kappa shape index (κ3) is 11.8. The molecule has 12 rings (SSSR count). The van der Waals surface area contributed by atoms with Gasteiger partial charge >= 0.3 is 6.09 Å². The van der Waals surface area contributed by atoms with Gasteiger partial charge in [-0.25, -0.2) is 4.79 Å². The van der Waals surface area contributed by atoms with Crippen LogP contribution in [0, 0.1) is 152 Å². The van der Waals surface area contributed by atoms with E-state index in [1.165, 1.54) is 0 Å². The Hall–Kier alpha value is -4.89. The zero-order chi connectivity index (χ0) is 63.4. The van der Waals surface area contributed by atoms with E-state index in [-0.39, 0.29) is 181 Å². The second-order valence-corrected chi connectivity index (χ2v) is 25.9. The Morgan fingerprint density at radius 2 is 1.10 bits per heavy atom. The second-order valence-electron chi connectivity index (χ2n) is 25.9. The molecule has 0 saturated carbocycles. The molecule has 2 unspecified atom stereocenters. The van der Waals surface area contributed by atoms with Crippen LogP contribution >= 0.6 is 0 Å². The van der Waals surface area contributed by atoms with Crippen LogP contribution in [-0.2, 0) is 44.7 Å². The van der Waals surface area contributed by atoms with Crippen molar-refractivity contribution in [2.24, 2.45) is 5.73 Å². The molecule has 8 aliphatic heterocycles. The summed E-state index contributed by atoms with van der Waals surface area (Å²) in [5.41, 5.74) is 17.2. The number of ether oxygens (including phenoxy) is 7. The summed E-state index contributed by atoms with van der Waals surface area (Å²) in [7, 11) is 5.66. The predicted molar refractivity (Wildman–Crippen MR) is 321 cm³/mol. The van der Waals surface area contributed by atoms with Crippen LogP contribution in [0.1, 0.15) is 137 Å². The van der Waals surface area contributed by atoms with Crippen molar-refractivity contribution < 1.29 is 151 Å². The first kappa shape index (κ1) is 69.5. The van der Waals surface area contributed by atoms with Gasteiger partial charge in [-0.1, -0.05) is 12.1 Å². The number of nitriles is 2. The second kappa shape index (κ2) is 26.8. The number of alkyl carbamates (subject to hydrolysis) is 1. The summed E-state index contributed by atoms with van der Waals surface area (Å²) in [5.74, 6) is 2.59. The number of piperazine rings is 2. The topological polar surface area (TPSA) is 299 Å². The fourth-order valence-electron chi connectivity index (χ4n) is 15.4. The van der Waals surface area contributed by atoms with Crippen molar-refractivity contribution in [3.05, 3.63) is 90.0 Å². The molecule has 2 radical (unpaired) electrons. The molecule has 4 aromatic rings. The van der Waals surface area contributed by atoms with Crippen molar-refractivity contribution in [3.8, 4) is 58.1 Å². The number of phenolic OH excluding ortho intramolecular Hbond substituents is 3. The van der Waals surface area contributed by atoms with Crippen LogP contribution in [0.2, 0.25) is 0 Å². The Morgan fingerprint density at radius 1 is 0.656 bits per heavy atom. The number of hydrogen-bond donors (Lipinski definition) is 7. The third-order valence-corrected chi connectivity index (χ3v) is 19.7. The zero-order valence-electron chi connectivity index (χ0n) is 53.8. The van der Waals surface area contributed by atoms with E-state index in [9.17, 15) is 40.2 Å². The van der Waals surface area contributed by atoms with E-state index in [0.717, 1.165) is 61.4 Å². The van der Waals surface area contributed by atoms with E-state index in [2.05, 4.69) is 73.8 Å². The maximum Gasteiger partial charge on any atom is 0.408 e. The number of hydrogen-bond acceptors (Lipinski definition) is 20. The Morgan fingerprint density at radius 3 is 1.56 bits per heavy atom. The van der Waals surface area contributed by atoms with E-state index in [1.54, 1.807) is 55.6 Å². The largest absolute Gasteiger partial charge is 0.507 e. The van der Waals surface area contributed by atoms with Crippen LogP contribution in [0.4, 0.5) is 4.79 Å². The number of phenols is 3. The molecule has 0 aromatic heterocycles. The van der Waals surface area contributed by atoms with E-state index in [0.29, 0.717) is 70.9 Å². The van der Waals surface area contributed by atoms with Crippen molar-refractivity contribution in [1.29, 1.82) is 10.5 Å². The zero-order valence-corrected chi connectivity index (χ0v) is 63.3. The fraction of sp³-hybridized carbons (Fsp3) is 0.554. The minimum absolute atomic E-state index is 0. The van der Waals surface area contributed by atoms with Crippen LogP contribution in [0.5, 0.6) is 46.0 Å². The third-order valence-electron chi connectivity index (χ3n) is 19.7. The van der Waals surface area contributed by atoms with Gasteiger partial charge < -0.3 is 70.2 Å². The smallest absolute Gasteiger partial charge is 0.408 e. The van der Waals surface area contributed by atoms with Gasteiger partial charge in [0.15, 0.2) is 29.8 Å². The molecular formula is C65H82Ac2N10O13. The number of carbonyl (C=O) groups excluding carboxylic acids is 3. The van der Waals surface area contributed by atoms with Crippen LogP contribution in [0.3, 0.4) is 0 Å². The molecule has 23 nitrogen and oxygen atoms in total. The van der Waals surface area contributed by atoms with Gasteiger partial charge in [0.1, 0.15) is 46.7 Å². The number of nitrogens with two attached hydrogens (primary N) is 1. The molecule has 476 valence electrons. The Balaban J connectivity index is 0.000000214. The Labute approximate surface area is 597 Å². The standard InChI is InChI=1S/C36H47N5O8.C29H35N5O5.2Ac/c1-17-10-21-11-23-25(13-37)41-24(29(40(23)8)27(21)31(18(17)2)46-15-45-9)12-22-28(33-32(47-16-48-33)19(3)30(22)42)26(41)14-38-34(43)20(4)39-35(44)49-36(5,6)7;1-12-6-16-7-18-20(9-30)34-19(24(33(18)5)22(16)26(36)13(12)2)8-17-23(21(34)10-32-29(37)15(4)31)28-27(38-11-39-28)14(3)25(17)35;;/h10,20,23-26,29,42H,11-12,14-16H2,1-9H3,(H,38,43)(H,39,44);6,15,18-21,24,35-36H,7-8,10-11,31H2,1-5H3,(H,32,37);;/t20-,23-,24?,25-,26-,29-;15-,18-,19?,20-,21-,24-;;/m00../s1. The van der Waals surface area contributed by atoms with E-state index in [1.807, 2.05) is 27.8 Å². The van der Waals surface area contributed by atoms with Crippen LogP contribution in [0.25, 0.3) is 0 Å². The predicted octanol–water partition coefficient (Wildman–Crippen LogP) is 5.82. The summed E-state index contributed by atoms with van der Waals surface area (Å²) in [6.45, 7) is 20.5. The monoisotopic (exact) mass is 1660 g/mol. The molecule has 4 aromatic carbocycles. The van der Waals surface area contributed by atoms with Gasteiger partial charge in [0.2, 0.25) is 25.4 Å². The number of benzene rings is 4. The number of nitrogens with one attached hydrogen (secondary N) is 3. The summed E-state index contributed by atoms with van der Waals surface area (Å²) in [5, 5.41) is 64.6. The molecule has 4 bridgehead atoms. The molecule has 0 spiro atoms. The average Bonchev–Trinajstić information content (AvgIpc) is 0.883. The fourth-order valence-corrected chi connectivity index (χ4v) is 15.4. The average molecular weight is 1670 g/mol. The maximum absolute atomic E-state index is 13.5. The number of rotatable bonds is 10. The molecular weight excluding hydrogens is 1580 g/mol. The maximum atomic E-state index is 13.5. The number of fused-ring (bicyclic) bond motifs is 18. The minimum Gasteiger partial charge on any atom is -0.507 e. The molecule has 8 heterocycles. The van der Waals surface area contributed by atoms with E-state index in [4.69, 9.17) is 38.9 Å². The summed E-state index contributed by atoms with van der Waals surface area (Å²) in [6, 6.07) is 4.47. The van der Waals surface area contributed by atoms with Crippen molar-refractivity contribution in [3.63, 3.8) is 0 Å². The molecule has 25 heteroatoms. The first-order valence-electron chi connectivity index (χ1n) is 30.2. The summed E-state index contributed by atoms with van der Waals surface area (Å²) in [4.78, 5) is 47.4. The SMILES string of the molecule is COCOc1c(C)c(C)cc2c1[C@@H]1C3Cc4c(O)c(C)c5c(c4[C@H](CNC(=O)[C@H](C)NC(=O)OC(C)(C)C)N3[C@@H](C#N)[C@H](C2)N1C)OCO5.Cc1cc2c(c(O)c1C)[C@@H]1C3Cc4c(O)c(C)c5c(c4[C@H](CNC(=O)[C@H](C)N)N3[C@@H](C#N)[C@H](C2)N1C)OCO5.[Ac].[Ac]. The van der Waals surface area contributed by atoms with Crippen molar-refractivity contribution in [2.75, 3.05) is 54.7 Å². The number of nitrogens with zero attached hydrogens (tertiary/aromatic N) is 6. The first-order valence-corrected chi connectivity index (χ1v) is 30.2. The van der Waals surface area contributed by atoms with Gasteiger partial charge in [-0.15, -0.1) is 0 Å². The number of amides is 3. The van der Waals surface area contributed by atoms with Gasteiger partial charge in [-0.2, -0.15) is 10.5 Å². The quantitative estimate of drug-likeness (QED) is 0.0921. The van der Waals surface area contributed by atoms with Crippen molar-refractivity contribution in [2.45, 2.75) is 180 Å². The van der Waals surface area contributed by atoms with Crippen molar-refractivity contribution in [1.82, 2.24) is 35.6 Å². The molecule has 90 heavy (non-hydrogen) atoms. The normalized spacial score (nSPS) is 25.3. The minimum atomic E-state index is -0.900. The number of carbonyl (C=O) groups is 3. The molecule has 0 aliphatic carbocycles. The number of likely N-dealkylation sites (N-methyl/N-ethyl adjacent to an activating group) is 2. The summed E-state index contributed by atoms with van der Waals surface area (Å²) >= 11 is 0. The number of aryl methyl sites for hydroxylation is 2. The summed E-state index contributed by atoms with van der Waals surface area (Å²) < 4.78 is 40.5. The molecule has 12 atom stereocenters. The van der Waals surface area contributed by atoms with Gasteiger partial charge in [-0.3, -0.25) is 29.2 Å². The van der Waals surface area contributed by atoms with Crippen molar-refractivity contribution >= 4 is 17.9 Å². The van der Waals surface area contributed by atoms with Gasteiger partial charge in [0.25, 0.3) is 0 Å². The van der Waals surface area contributed by atoms with Gasteiger partial charge in [0.05, 0.1) is 42.3 Å². The molecule has 3 amide bonds. The number of methoxy groups -OCH3 is 1. The first-order chi connectivity index (χ1) is 41.7. The van der Waals surface area contributed by atoms with Crippen LogP contribution < -0.4 is 45.4 Å². The Kier molecular flexibility index (Phi) is 20.7. The van der Waals surface area contributed by atoms with E-state index < -0.39 is 53.9 Å².